The summed E-state index contributed by atoms with van der Waals surface area (Å²) in [7, 11) is 0. The van der Waals surface area contributed by atoms with Gasteiger partial charge in [0.05, 0.1) is 0 Å². The molecule has 1 aliphatic heterocycles. The van der Waals surface area contributed by atoms with Crippen molar-refractivity contribution in [1.82, 2.24) is 4.90 Å². The number of anilines is 1. The molecular weight excluding hydrogens is 430 g/mol. The summed E-state index contributed by atoms with van der Waals surface area (Å²) in [5, 5.41) is 2.91. The van der Waals surface area contributed by atoms with Gasteiger partial charge in [0.15, 0.2) is 11.5 Å². The number of fused-ring (bicyclic) bond motifs is 1. The van der Waals surface area contributed by atoms with Crippen molar-refractivity contribution in [2.75, 3.05) is 12.1 Å². The average Bonchev–Trinajstić information content (AvgIpc) is 3.61. The quantitative estimate of drug-likeness (QED) is 0.532. The van der Waals surface area contributed by atoms with E-state index in [2.05, 4.69) is 11.4 Å². The van der Waals surface area contributed by atoms with E-state index in [1.165, 1.54) is 0 Å². The zero-order valence-electron chi connectivity index (χ0n) is 18.8. The van der Waals surface area contributed by atoms with Crippen molar-refractivity contribution in [1.29, 1.82) is 0 Å². The fourth-order valence-corrected chi connectivity index (χ4v) is 4.03. The van der Waals surface area contributed by atoms with Gasteiger partial charge in [-0.1, -0.05) is 36.4 Å². The topological polar surface area (TPSA) is 93.9 Å². The Labute approximate surface area is 198 Å². The minimum atomic E-state index is -0.226. The Kier molecular flexibility index (Phi) is 6.18. The molecule has 3 aromatic carbocycles. The molecule has 1 fully saturated rings. The van der Waals surface area contributed by atoms with Gasteiger partial charge in [0, 0.05) is 36.8 Å². The second-order valence-electron chi connectivity index (χ2n) is 8.71. The molecule has 3 aromatic rings. The van der Waals surface area contributed by atoms with Crippen LogP contribution in [0.3, 0.4) is 0 Å². The zero-order chi connectivity index (χ0) is 23.5. The van der Waals surface area contributed by atoms with Crippen molar-refractivity contribution < 1.29 is 19.1 Å². The lowest BCUT2D eigenvalue weighted by Gasteiger charge is -2.23. The first kappa shape index (κ1) is 22.0. The van der Waals surface area contributed by atoms with Crippen LogP contribution in [0.15, 0.2) is 66.7 Å². The third-order valence-corrected chi connectivity index (χ3v) is 6.06. The Hall–Kier alpha value is -3.84. The van der Waals surface area contributed by atoms with Crippen LogP contribution in [-0.4, -0.2) is 23.5 Å². The van der Waals surface area contributed by atoms with Crippen molar-refractivity contribution in [3.05, 3.63) is 89.0 Å². The standard InChI is InChI=1S/C27H27N3O4/c28-14-19-2-1-3-20(12-19)16-30(27(32)21-6-7-21)15-18-4-9-23(10-5-18)29-26(31)22-8-11-24-25(13-22)34-17-33-24/h1-5,8-13,21H,6-7,14-17,28H2,(H,29,31). The third kappa shape index (κ3) is 5.05. The summed E-state index contributed by atoms with van der Waals surface area (Å²) in [5.41, 5.74) is 10.1. The monoisotopic (exact) mass is 457 g/mol. The van der Waals surface area contributed by atoms with Gasteiger partial charge in [0.25, 0.3) is 5.91 Å². The van der Waals surface area contributed by atoms with E-state index in [1.54, 1.807) is 18.2 Å². The molecule has 174 valence electrons. The van der Waals surface area contributed by atoms with Gasteiger partial charge in [0.1, 0.15) is 0 Å². The predicted octanol–water partition coefficient (Wildman–Crippen LogP) is 4.07. The number of rotatable bonds is 8. The first-order valence-corrected chi connectivity index (χ1v) is 11.5. The number of ether oxygens (including phenoxy) is 2. The molecule has 2 amide bonds. The highest BCUT2D eigenvalue weighted by atomic mass is 16.7. The fraction of sp³-hybridized carbons (Fsp3) is 0.259. The first-order chi connectivity index (χ1) is 16.6. The van der Waals surface area contributed by atoms with Crippen LogP contribution < -0.4 is 20.5 Å². The number of hydrogen-bond donors (Lipinski definition) is 2. The molecule has 0 saturated heterocycles. The van der Waals surface area contributed by atoms with Crippen molar-refractivity contribution in [3.8, 4) is 11.5 Å². The molecular formula is C27H27N3O4. The molecule has 7 heteroatoms. The number of carbonyl (C=O) groups excluding carboxylic acids is 2. The maximum Gasteiger partial charge on any atom is 0.255 e. The molecule has 7 nitrogen and oxygen atoms in total. The Morgan fingerprint density at radius 3 is 2.38 bits per heavy atom. The number of hydrogen-bond acceptors (Lipinski definition) is 5. The third-order valence-electron chi connectivity index (χ3n) is 6.06. The van der Waals surface area contributed by atoms with Gasteiger partial charge >= 0.3 is 0 Å². The maximum absolute atomic E-state index is 12.9. The largest absolute Gasteiger partial charge is 0.454 e. The van der Waals surface area contributed by atoms with Crippen molar-refractivity contribution in [2.24, 2.45) is 11.7 Å². The molecule has 0 radical (unpaired) electrons. The summed E-state index contributed by atoms with van der Waals surface area (Å²) < 4.78 is 10.6. The summed E-state index contributed by atoms with van der Waals surface area (Å²) in [6.45, 7) is 1.70. The minimum Gasteiger partial charge on any atom is -0.454 e. The van der Waals surface area contributed by atoms with Gasteiger partial charge in [-0.15, -0.1) is 0 Å². The number of nitrogens with two attached hydrogens (primary N) is 1. The summed E-state index contributed by atoms with van der Waals surface area (Å²) in [6, 6.07) is 20.8. The van der Waals surface area contributed by atoms with E-state index in [0.29, 0.717) is 42.4 Å². The van der Waals surface area contributed by atoms with Gasteiger partial charge in [0.2, 0.25) is 12.7 Å². The highest BCUT2D eigenvalue weighted by molar-refractivity contribution is 6.04. The van der Waals surface area contributed by atoms with Crippen LogP contribution >= 0.6 is 0 Å². The van der Waals surface area contributed by atoms with E-state index in [0.717, 1.165) is 29.5 Å². The van der Waals surface area contributed by atoms with Crippen LogP contribution in [0.25, 0.3) is 0 Å². The lowest BCUT2D eigenvalue weighted by molar-refractivity contribution is -0.133. The van der Waals surface area contributed by atoms with Crippen molar-refractivity contribution in [3.63, 3.8) is 0 Å². The zero-order valence-corrected chi connectivity index (χ0v) is 18.8. The summed E-state index contributed by atoms with van der Waals surface area (Å²) in [5.74, 6) is 1.31. The van der Waals surface area contributed by atoms with Crippen LogP contribution in [0.1, 0.15) is 39.9 Å². The van der Waals surface area contributed by atoms with Crippen molar-refractivity contribution in [2.45, 2.75) is 32.5 Å². The molecule has 0 unspecified atom stereocenters. The smallest absolute Gasteiger partial charge is 0.255 e. The molecule has 1 saturated carbocycles. The van der Waals surface area contributed by atoms with Crippen LogP contribution in [0.2, 0.25) is 0 Å². The fourth-order valence-electron chi connectivity index (χ4n) is 4.03. The number of nitrogens with one attached hydrogen (secondary N) is 1. The SMILES string of the molecule is NCc1cccc(CN(Cc2ccc(NC(=O)c3ccc4c(c3)OCO4)cc2)C(=O)C2CC2)c1. The molecule has 1 heterocycles. The van der Waals surface area contributed by atoms with E-state index >= 15 is 0 Å². The van der Waals surface area contributed by atoms with E-state index in [1.807, 2.05) is 47.4 Å². The summed E-state index contributed by atoms with van der Waals surface area (Å²) in [6.07, 6.45) is 1.92. The highest BCUT2D eigenvalue weighted by Gasteiger charge is 2.33. The molecule has 5 rings (SSSR count). The molecule has 0 bridgehead atoms. The number of carbonyl (C=O) groups is 2. The number of benzene rings is 3. The van der Waals surface area contributed by atoms with Gasteiger partial charge in [-0.25, -0.2) is 0 Å². The van der Waals surface area contributed by atoms with Gasteiger partial charge < -0.3 is 25.4 Å². The molecule has 2 aliphatic rings. The van der Waals surface area contributed by atoms with Crippen LogP contribution in [0, 0.1) is 5.92 Å². The molecule has 0 spiro atoms. The van der Waals surface area contributed by atoms with E-state index < -0.39 is 0 Å². The second kappa shape index (κ2) is 9.57. The second-order valence-corrected chi connectivity index (χ2v) is 8.71. The molecule has 1 aliphatic carbocycles. The first-order valence-electron chi connectivity index (χ1n) is 11.5. The maximum atomic E-state index is 12.9. The minimum absolute atomic E-state index is 0.137. The van der Waals surface area contributed by atoms with Crippen LogP contribution in [-0.2, 0) is 24.4 Å². The summed E-state index contributed by atoms with van der Waals surface area (Å²) in [4.78, 5) is 27.5. The average molecular weight is 458 g/mol. The van der Waals surface area contributed by atoms with Gasteiger partial charge in [-0.05, 0) is 59.9 Å². The summed E-state index contributed by atoms with van der Waals surface area (Å²) >= 11 is 0. The number of nitrogens with zero attached hydrogens (tertiary/aromatic N) is 1. The normalized spacial score (nSPS) is 14.0. The van der Waals surface area contributed by atoms with E-state index in [9.17, 15) is 9.59 Å². The van der Waals surface area contributed by atoms with Crippen LogP contribution in [0.5, 0.6) is 11.5 Å². The Bertz CT molecular complexity index is 1200. The van der Waals surface area contributed by atoms with Gasteiger partial charge in [-0.2, -0.15) is 0 Å². The lowest BCUT2D eigenvalue weighted by atomic mass is 10.1. The predicted molar refractivity (Wildman–Crippen MR) is 128 cm³/mol. The van der Waals surface area contributed by atoms with Gasteiger partial charge in [-0.3, -0.25) is 9.59 Å². The lowest BCUT2D eigenvalue weighted by Crippen LogP contribution is -2.31. The highest BCUT2D eigenvalue weighted by Crippen LogP contribution is 2.33. The Morgan fingerprint density at radius 2 is 1.62 bits per heavy atom. The van der Waals surface area contributed by atoms with E-state index in [4.69, 9.17) is 15.2 Å². The molecule has 0 atom stereocenters. The van der Waals surface area contributed by atoms with Crippen molar-refractivity contribution >= 4 is 17.5 Å². The molecule has 0 aromatic heterocycles. The van der Waals surface area contributed by atoms with Crippen LogP contribution in [0.4, 0.5) is 5.69 Å². The molecule has 34 heavy (non-hydrogen) atoms. The Balaban J connectivity index is 1.25. The number of amides is 2. The molecule has 3 N–H and O–H groups in total. The van der Waals surface area contributed by atoms with E-state index in [-0.39, 0.29) is 24.5 Å². The Morgan fingerprint density at radius 1 is 0.882 bits per heavy atom.